The van der Waals surface area contributed by atoms with Gasteiger partial charge >= 0.3 is 0 Å². The normalized spacial score (nSPS) is 21.1. The van der Waals surface area contributed by atoms with E-state index in [4.69, 9.17) is 9.47 Å². The van der Waals surface area contributed by atoms with E-state index in [1.165, 1.54) is 0 Å². The number of hydrogen-bond acceptors (Lipinski definition) is 5. The zero-order chi connectivity index (χ0) is 15.2. The summed E-state index contributed by atoms with van der Waals surface area (Å²) in [5, 5.41) is 2.89. The number of carbonyl (C=O) groups is 1. The smallest absolute Gasteiger partial charge is 0.242 e. The van der Waals surface area contributed by atoms with Crippen molar-refractivity contribution in [1.82, 2.24) is 10.9 Å². The number of amides is 1. The molecule has 3 N–H and O–H groups in total. The molecule has 2 rings (SSSR count). The third-order valence-corrected chi connectivity index (χ3v) is 3.55. The first kappa shape index (κ1) is 15.6. The van der Waals surface area contributed by atoms with Gasteiger partial charge in [-0.15, -0.1) is 0 Å². The highest BCUT2D eigenvalue weighted by Crippen LogP contribution is 2.26. The molecule has 2 unspecified atom stereocenters. The maximum Gasteiger partial charge on any atom is 0.242 e. The topological polar surface area (TPSA) is 71.6 Å². The Morgan fingerprint density at radius 2 is 1.90 bits per heavy atom. The molecule has 1 aliphatic heterocycles. The average molecular weight is 293 g/mol. The molecule has 1 aromatic rings. The van der Waals surface area contributed by atoms with Gasteiger partial charge in [0.2, 0.25) is 5.91 Å². The predicted octanol–water partition coefficient (Wildman–Crippen LogP) is 1.68. The summed E-state index contributed by atoms with van der Waals surface area (Å²) in [5.41, 5.74) is 6.87. The second-order valence-corrected chi connectivity index (χ2v) is 5.15. The van der Waals surface area contributed by atoms with Crippen LogP contribution in [0.4, 0.5) is 5.69 Å². The summed E-state index contributed by atoms with van der Waals surface area (Å²) in [6.45, 7) is 2.14. The van der Waals surface area contributed by atoms with Crippen molar-refractivity contribution in [2.45, 2.75) is 38.3 Å². The van der Waals surface area contributed by atoms with Gasteiger partial charge in [0.05, 0.1) is 14.2 Å². The van der Waals surface area contributed by atoms with E-state index in [1.807, 2.05) is 0 Å². The molecule has 0 saturated carbocycles. The summed E-state index contributed by atoms with van der Waals surface area (Å²) < 4.78 is 10.4. The van der Waals surface area contributed by atoms with Crippen LogP contribution in [0.25, 0.3) is 0 Å². The van der Waals surface area contributed by atoms with Crippen molar-refractivity contribution in [1.29, 1.82) is 0 Å². The second-order valence-electron chi connectivity index (χ2n) is 5.15. The molecule has 6 heteroatoms. The molecule has 0 aliphatic carbocycles. The number of carbonyl (C=O) groups excluding carboxylic acids is 1. The number of benzene rings is 1. The van der Waals surface area contributed by atoms with Crippen LogP contribution in [0, 0.1) is 0 Å². The Morgan fingerprint density at radius 1 is 1.24 bits per heavy atom. The number of hydrogen-bond donors (Lipinski definition) is 3. The van der Waals surface area contributed by atoms with Crippen LogP contribution in [0.3, 0.4) is 0 Å². The van der Waals surface area contributed by atoms with Crippen LogP contribution in [0.5, 0.6) is 11.5 Å². The molecule has 6 nitrogen and oxygen atoms in total. The van der Waals surface area contributed by atoms with Gasteiger partial charge in [-0.2, -0.15) is 0 Å². The molecule has 116 valence electrons. The van der Waals surface area contributed by atoms with E-state index in [0.717, 1.165) is 19.3 Å². The molecule has 0 bridgehead atoms. The first-order chi connectivity index (χ1) is 10.2. The Morgan fingerprint density at radius 3 is 2.48 bits per heavy atom. The van der Waals surface area contributed by atoms with E-state index in [0.29, 0.717) is 23.2 Å². The van der Waals surface area contributed by atoms with Crippen LogP contribution in [0.15, 0.2) is 18.2 Å². The van der Waals surface area contributed by atoms with Gasteiger partial charge in [-0.05, 0) is 12.8 Å². The third kappa shape index (κ3) is 4.09. The molecule has 1 aromatic carbocycles. The summed E-state index contributed by atoms with van der Waals surface area (Å²) >= 11 is 0. The molecule has 0 radical (unpaired) electrons. The fourth-order valence-corrected chi connectivity index (χ4v) is 2.44. The van der Waals surface area contributed by atoms with E-state index in [2.05, 4.69) is 23.1 Å². The number of nitrogens with one attached hydrogen (secondary N) is 3. The van der Waals surface area contributed by atoms with E-state index in [-0.39, 0.29) is 11.9 Å². The first-order valence-electron chi connectivity index (χ1n) is 7.21. The lowest BCUT2D eigenvalue weighted by molar-refractivity contribution is -0.117. The maximum atomic E-state index is 12.3. The minimum absolute atomic E-state index is 0.0589. The predicted molar refractivity (Wildman–Crippen MR) is 81.5 cm³/mol. The van der Waals surface area contributed by atoms with Gasteiger partial charge in [-0.25, -0.2) is 5.43 Å². The molecular weight excluding hydrogens is 270 g/mol. The summed E-state index contributed by atoms with van der Waals surface area (Å²) in [6.07, 6.45) is 2.95. The van der Waals surface area contributed by atoms with Crippen LogP contribution < -0.4 is 25.6 Å². The lowest BCUT2D eigenvalue weighted by atomic mass is 10.1. The van der Waals surface area contributed by atoms with Crippen LogP contribution in [0.2, 0.25) is 0 Å². The molecule has 1 heterocycles. The van der Waals surface area contributed by atoms with Crippen LogP contribution >= 0.6 is 0 Å². The molecule has 0 spiro atoms. The van der Waals surface area contributed by atoms with Crippen molar-refractivity contribution >= 4 is 11.6 Å². The minimum Gasteiger partial charge on any atom is -0.497 e. The van der Waals surface area contributed by atoms with Crippen molar-refractivity contribution < 1.29 is 14.3 Å². The van der Waals surface area contributed by atoms with E-state index in [1.54, 1.807) is 32.4 Å². The molecule has 1 aliphatic rings. The summed E-state index contributed by atoms with van der Waals surface area (Å²) in [6, 6.07) is 5.44. The highest BCUT2D eigenvalue weighted by molar-refractivity contribution is 5.95. The largest absolute Gasteiger partial charge is 0.497 e. The van der Waals surface area contributed by atoms with Crippen molar-refractivity contribution in [3.8, 4) is 11.5 Å². The quantitative estimate of drug-likeness (QED) is 0.744. The van der Waals surface area contributed by atoms with E-state index in [9.17, 15) is 4.79 Å². The van der Waals surface area contributed by atoms with Crippen LogP contribution in [0.1, 0.15) is 26.2 Å². The zero-order valence-corrected chi connectivity index (χ0v) is 12.7. The minimum atomic E-state index is -0.223. The van der Waals surface area contributed by atoms with Gasteiger partial charge in [0.15, 0.2) is 0 Å². The van der Waals surface area contributed by atoms with Gasteiger partial charge < -0.3 is 14.8 Å². The number of methoxy groups -OCH3 is 2. The van der Waals surface area contributed by atoms with E-state index < -0.39 is 0 Å². The molecular formula is C15H23N3O3. The Balaban J connectivity index is 1.99. The Labute approximate surface area is 125 Å². The zero-order valence-electron chi connectivity index (χ0n) is 12.7. The van der Waals surface area contributed by atoms with Gasteiger partial charge in [0, 0.05) is 29.9 Å². The Hall–Kier alpha value is -1.79. The molecule has 1 amide bonds. The number of anilines is 1. The van der Waals surface area contributed by atoms with Crippen molar-refractivity contribution in [3.05, 3.63) is 18.2 Å². The molecule has 2 atom stereocenters. The van der Waals surface area contributed by atoms with Gasteiger partial charge in [-0.1, -0.05) is 13.3 Å². The third-order valence-electron chi connectivity index (χ3n) is 3.55. The highest BCUT2D eigenvalue weighted by Gasteiger charge is 2.28. The van der Waals surface area contributed by atoms with Crippen molar-refractivity contribution in [2.75, 3.05) is 19.5 Å². The number of rotatable bonds is 6. The monoisotopic (exact) mass is 293 g/mol. The SMILES string of the molecule is CCCC1CC(C(=O)Nc2cc(OC)cc(OC)c2)NN1. The fourth-order valence-electron chi connectivity index (χ4n) is 2.44. The van der Waals surface area contributed by atoms with E-state index >= 15 is 0 Å². The van der Waals surface area contributed by atoms with Gasteiger partial charge in [-0.3, -0.25) is 10.2 Å². The molecule has 0 aromatic heterocycles. The number of ether oxygens (including phenoxy) is 2. The molecule has 1 saturated heterocycles. The van der Waals surface area contributed by atoms with Crippen molar-refractivity contribution in [3.63, 3.8) is 0 Å². The summed E-state index contributed by atoms with van der Waals surface area (Å²) in [4.78, 5) is 12.3. The maximum absolute atomic E-state index is 12.3. The fraction of sp³-hybridized carbons (Fsp3) is 0.533. The van der Waals surface area contributed by atoms with Crippen LogP contribution in [-0.2, 0) is 4.79 Å². The Bertz CT molecular complexity index is 471. The molecule has 1 fully saturated rings. The van der Waals surface area contributed by atoms with Gasteiger partial charge in [0.1, 0.15) is 17.5 Å². The Kier molecular flexibility index (Phi) is 5.41. The summed E-state index contributed by atoms with van der Waals surface area (Å²) in [7, 11) is 3.16. The second kappa shape index (κ2) is 7.28. The van der Waals surface area contributed by atoms with Gasteiger partial charge in [0.25, 0.3) is 0 Å². The highest BCUT2D eigenvalue weighted by atomic mass is 16.5. The lowest BCUT2D eigenvalue weighted by Crippen LogP contribution is -2.40. The standard InChI is InChI=1S/C15H23N3O3/c1-4-5-10-8-14(18-17-10)15(19)16-11-6-12(20-2)9-13(7-11)21-3/h6-7,9-10,14,17-18H,4-5,8H2,1-3H3,(H,16,19). The van der Waals surface area contributed by atoms with Crippen LogP contribution in [-0.4, -0.2) is 32.2 Å². The average Bonchev–Trinajstić information content (AvgIpc) is 2.96. The lowest BCUT2D eigenvalue weighted by Gasteiger charge is -2.13. The van der Waals surface area contributed by atoms with Crippen molar-refractivity contribution in [2.24, 2.45) is 0 Å². The first-order valence-corrected chi connectivity index (χ1v) is 7.21. The molecule has 21 heavy (non-hydrogen) atoms. The summed E-state index contributed by atoms with van der Waals surface area (Å²) in [5.74, 6) is 1.23. The number of hydrazine groups is 1.